The minimum Gasteiger partial charge on any atom is -0.383 e. The molecule has 1 N–H and O–H groups in total. The van der Waals surface area contributed by atoms with Crippen LogP contribution < -0.4 is 9.62 Å². The Morgan fingerprint density at radius 1 is 1.24 bits per heavy atom. The van der Waals surface area contributed by atoms with Gasteiger partial charge in [-0.1, -0.05) is 0 Å². The number of piperidine rings is 1. The van der Waals surface area contributed by atoms with Gasteiger partial charge in [0.1, 0.15) is 0 Å². The fourth-order valence-electron chi connectivity index (χ4n) is 2.25. The Labute approximate surface area is 125 Å². The van der Waals surface area contributed by atoms with Gasteiger partial charge in [0.05, 0.1) is 11.5 Å². The molecule has 1 aliphatic rings. The zero-order valence-corrected chi connectivity index (χ0v) is 12.9. The van der Waals surface area contributed by atoms with E-state index in [1.54, 1.807) is 17.0 Å². The van der Waals surface area contributed by atoms with E-state index in [1.807, 2.05) is 0 Å². The minimum absolute atomic E-state index is 0.0927. The number of amides is 1. The van der Waals surface area contributed by atoms with E-state index in [9.17, 15) is 13.2 Å². The first kappa shape index (κ1) is 15.9. The van der Waals surface area contributed by atoms with Crippen LogP contribution >= 0.6 is 0 Å². The van der Waals surface area contributed by atoms with Crippen LogP contribution in [0, 0.1) is 0 Å². The molecule has 21 heavy (non-hydrogen) atoms. The van der Waals surface area contributed by atoms with Crippen molar-refractivity contribution < 1.29 is 17.9 Å². The van der Waals surface area contributed by atoms with E-state index < -0.39 is 10.0 Å². The number of carbonyl (C=O) groups is 1. The van der Waals surface area contributed by atoms with Gasteiger partial charge in [0.2, 0.25) is 15.9 Å². The van der Waals surface area contributed by atoms with Crippen molar-refractivity contribution in [3.05, 3.63) is 24.3 Å². The highest BCUT2D eigenvalue weighted by Crippen LogP contribution is 2.22. The zero-order chi connectivity index (χ0) is 15.3. The maximum atomic E-state index is 12.0. The second-order valence-electron chi connectivity index (χ2n) is 4.89. The first-order valence-corrected chi connectivity index (χ1v) is 8.42. The number of rotatable bonds is 6. The molecule has 1 heterocycles. The largest absolute Gasteiger partial charge is 0.383 e. The number of carbonyl (C=O) groups excluding carboxylic acids is 1. The highest BCUT2D eigenvalue weighted by Gasteiger charge is 2.20. The molecule has 1 aliphatic heterocycles. The smallest absolute Gasteiger partial charge is 0.240 e. The van der Waals surface area contributed by atoms with Crippen LogP contribution in [0.15, 0.2) is 29.2 Å². The number of hydrogen-bond acceptors (Lipinski definition) is 4. The summed E-state index contributed by atoms with van der Waals surface area (Å²) < 4.78 is 31.3. The number of nitrogens with zero attached hydrogens (tertiary/aromatic N) is 1. The lowest BCUT2D eigenvalue weighted by Crippen LogP contribution is -2.35. The molecule has 0 aliphatic carbocycles. The van der Waals surface area contributed by atoms with Gasteiger partial charge in [-0.05, 0) is 37.1 Å². The van der Waals surface area contributed by atoms with Crippen LogP contribution in [0.5, 0.6) is 0 Å². The van der Waals surface area contributed by atoms with Crippen molar-refractivity contribution in [2.24, 2.45) is 0 Å². The van der Waals surface area contributed by atoms with E-state index >= 15 is 0 Å². The molecular formula is C14H20N2O4S. The fourth-order valence-corrected chi connectivity index (χ4v) is 3.26. The third kappa shape index (κ3) is 4.03. The van der Waals surface area contributed by atoms with Crippen LogP contribution in [0.4, 0.5) is 5.69 Å². The molecule has 0 radical (unpaired) electrons. The van der Waals surface area contributed by atoms with Crippen molar-refractivity contribution in [3.8, 4) is 0 Å². The summed E-state index contributed by atoms with van der Waals surface area (Å²) in [4.78, 5) is 13.7. The van der Waals surface area contributed by atoms with Crippen LogP contribution in [0.25, 0.3) is 0 Å². The molecule has 116 valence electrons. The second-order valence-corrected chi connectivity index (χ2v) is 6.65. The molecule has 1 saturated heterocycles. The van der Waals surface area contributed by atoms with Crippen molar-refractivity contribution in [1.29, 1.82) is 0 Å². The predicted octanol–water partition coefficient (Wildman–Crippen LogP) is 1.13. The maximum Gasteiger partial charge on any atom is 0.240 e. The van der Waals surface area contributed by atoms with Crippen LogP contribution in [0.2, 0.25) is 0 Å². The average molecular weight is 312 g/mol. The zero-order valence-electron chi connectivity index (χ0n) is 12.0. The molecule has 0 saturated carbocycles. The standard InChI is InChI=1S/C14H20N2O4S/c1-20-11-9-15-21(18,19)13-7-5-12(6-8-13)16-10-3-2-4-14(16)17/h5-8,15H,2-4,9-11H2,1H3. The summed E-state index contributed by atoms with van der Waals surface area (Å²) >= 11 is 0. The number of methoxy groups -OCH3 is 1. The molecule has 1 aromatic carbocycles. The van der Waals surface area contributed by atoms with Crippen molar-refractivity contribution >= 4 is 21.6 Å². The third-order valence-electron chi connectivity index (χ3n) is 3.38. The summed E-state index contributed by atoms with van der Waals surface area (Å²) in [5.74, 6) is 0.0927. The molecular weight excluding hydrogens is 292 g/mol. The molecule has 1 amide bonds. The Morgan fingerprint density at radius 2 is 1.95 bits per heavy atom. The highest BCUT2D eigenvalue weighted by molar-refractivity contribution is 7.89. The lowest BCUT2D eigenvalue weighted by atomic mass is 10.1. The van der Waals surface area contributed by atoms with E-state index in [0.717, 1.165) is 18.5 Å². The molecule has 6 nitrogen and oxygen atoms in total. The lowest BCUT2D eigenvalue weighted by Gasteiger charge is -2.26. The summed E-state index contributed by atoms with van der Waals surface area (Å²) in [6.07, 6.45) is 2.45. The van der Waals surface area contributed by atoms with Gasteiger partial charge in [0.25, 0.3) is 0 Å². The molecule has 0 unspecified atom stereocenters. The van der Waals surface area contributed by atoms with Gasteiger partial charge in [-0.2, -0.15) is 0 Å². The molecule has 0 spiro atoms. The van der Waals surface area contributed by atoms with Crippen molar-refractivity contribution in [2.75, 3.05) is 31.7 Å². The third-order valence-corrected chi connectivity index (χ3v) is 4.86. The maximum absolute atomic E-state index is 12.0. The fraction of sp³-hybridized carbons (Fsp3) is 0.500. The van der Waals surface area contributed by atoms with Crippen molar-refractivity contribution in [2.45, 2.75) is 24.2 Å². The van der Waals surface area contributed by atoms with E-state index in [1.165, 1.54) is 19.2 Å². The Morgan fingerprint density at radius 3 is 2.57 bits per heavy atom. The molecule has 1 fully saturated rings. The highest BCUT2D eigenvalue weighted by atomic mass is 32.2. The minimum atomic E-state index is -3.53. The van der Waals surface area contributed by atoms with Crippen LogP contribution in [-0.2, 0) is 19.6 Å². The lowest BCUT2D eigenvalue weighted by molar-refractivity contribution is -0.119. The summed E-state index contributed by atoms with van der Waals surface area (Å²) in [5, 5.41) is 0. The molecule has 1 aromatic rings. The van der Waals surface area contributed by atoms with Gasteiger partial charge in [-0.3, -0.25) is 4.79 Å². The Balaban J connectivity index is 2.09. The van der Waals surface area contributed by atoms with E-state index in [4.69, 9.17) is 4.74 Å². The summed E-state index contributed by atoms with van der Waals surface area (Å²) in [6, 6.07) is 6.39. The Kier molecular flexibility index (Phi) is 5.33. The van der Waals surface area contributed by atoms with E-state index in [0.29, 0.717) is 19.6 Å². The van der Waals surface area contributed by atoms with Crippen LogP contribution in [0.3, 0.4) is 0 Å². The number of sulfonamides is 1. The van der Waals surface area contributed by atoms with Gasteiger partial charge in [0.15, 0.2) is 0 Å². The van der Waals surface area contributed by atoms with Crippen molar-refractivity contribution in [1.82, 2.24) is 4.72 Å². The van der Waals surface area contributed by atoms with Crippen molar-refractivity contribution in [3.63, 3.8) is 0 Å². The quantitative estimate of drug-likeness (QED) is 0.799. The number of ether oxygens (including phenoxy) is 1. The number of hydrogen-bond donors (Lipinski definition) is 1. The molecule has 0 aromatic heterocycles. The molecule has 2 rings (SSSR count). The molecule has 0 bridgehead atoms. The first-order valence-electron chi connectivity index (χ1n) is 6.93. The Bertz CT molecular complexity index is 583. The summed E-state index contributed by atoms with van der Waals surface area (Å²) in [5.41, 5.74) is 0.746. The number of benzene rings is 1. The molecule has 0 atom stereocenters. The second kappa shape index (κ2) is 7.02. The van der Waals surface area contributed by atoms with Gasteiger partial charge >= 0.3 is 0 Å². The number of nitrogens with one attached hydrogen (secondary N) is 1. The van der Waals surface area contributed by atoms with E-state index in [2.05, 4.69) is 4.72 Å². The van der Waals surface area contributed by atoms with Gasteiger partial charge in [-0.15, -0.1) is 0 Å². The summed E-state index contributed by atoms with van der Waals surface area (Å²) in [7, 11) is -2.01. The SMILES string of the molecule is COCCNS(=O)(=O)c1ccc(N2CCCCC2=O)cc1. The Hall–Kier alpha value is -1.44. The predicted molar refractivity (Wildman–Crippen MR) is 79.7 cm³/mol. The van der Waals surface area contributed by atoms with Gasteiger partial charge < -0.3 is 9.64 Å². The first-order chi connectivity index (χ1) is 10.0. The topological polar surface area (TPSA) is 75.7 Å². The van der Waals surface area contributed by atoms with Gasteiger partial charge in [-0.25, -0.2) is 13.1 Å². The van der Waals surface area contributed by atoms with E-state index in [-0.39, 0.29) is 17.3 Å². The van der Waals surface area contributed by atoms with Gasteiger partial charge in [0, 0.05) is 32.3 Å². The number of anilines is 1. The van der Waals surface area contributed by atoms with Crippen LogP contribution in [-0.4, -0.2) is 41.1 Å². The molecule has 7 heteroatoms. The monoisotopic (exact) mass is 312 g/mol. The summed E-state index contributed by atoms with van der Waals surface area (Å²) in [6.45, 7) is 1.24. The normalized spacial score (nSPS) is 16.2. The van der Waals surface area contributed by atoms with Crippen LogP contribution in [0.1, 0.15) is 19.3 Å². The average Bonchev–Trinajstić information content (AvgIpc) is 2.48.